The molecule has 2 atom stereocenters. The predicted molar refractivity (Wildman–Crippen MR) is 89.5 cm³/mol. The van der Waals surface area contributed by atoms with Crippen LogP contribution in [-0.2, 0) is 0 Å². The number of halogens is 2. The van der Waals surface area contributed by atoms with Crippen molar-refractivity contribution in [3.8, 4) is 0 Å². The predicted octanol–water partition coefficient (Wildman–Crippen LogP) is 0.821. The van der Waals surface area contributed by atoms with Crippen LogP contribution in [0.1, 0.15) is 29.2 Å². The molecular weight excluding hydrogens is 348 g/mol. The average molecular weight is 365 g/mol. The first kappa shape index (κ1) is 16.9. The van der Waals surface area contributed by atoms with Crippen molar-refractivity contribution in [2.45, 2.75) is 31.0 Å². The third-order valence-corrected chi connectivity index (χ3v) is 5.00. The van der Waals surface area contributed by atoms with E-state index in [1.165, 1.54) is 9.47 Å². The van der Waals surface area contributed by atoms with Crippen LogP contribution in [0.5, 0.6) is 0 Å². The summed E-state index contributed by atoms with van der Waals surface area (Å²) in [6.07, 6.45) is 1.65. The van der Waals surface area contributed by atoms with Gasteiger partial charge in [0.05, 0.1) is 17.0 Å². The zero-order valence-electron chi connectivity index (χ0n) is 13.7. The van der Waals surface area contributed by atoms with Crippen LogP contribution in [0.25, 0.3) is 10.9 Å². The molecule has 1 aromatic heterocycles. The Balaban J connectivity index is 2.00. The average Bonchev–Trinajstić information content (AvgIpc) is 3.35. The van der Waals surface area contributed by atoms with E-state index in [0.717, 1.165) is 25.1 Å². The first-order valence-corrected chi connectivity index (χ1v) is 8.28. The molecule has 0 bridgehead atoms. The van der Waals surface area contributed by atoms with E-state index in [0.29, 0.717) is 0 Å². The topological polar surface area (TPSA) is 109 Å². The van der Waals surface area contributed by atoms with E-state index in [-0.39, 0.29) is 35.7 Å². The van der Waals surface area contributed by atoms with E-state index in [4.69, 9.17) is 5.73 Å². The fraction of sp³-hybridized carbons (Fsp3) is 0.412. The second-order valence-electron chi connectivity index (χ2n) is 6.87. The molecule has 4 rings (SSSR count). The van der Waals surface area contributed by atoms with Gasteiger partial charge in [0, 0.05) is 31.4 Å². The van der Waals surface area contributed by atoms with Crippen molar-refractivity contribution in [1.29, 1.82) is 0 Å². The third kappa shape index (κ3) is 2.46. The number of nitrogens with two attached hydrogens (primary N) is 1. The van der Waals surface area contributed by atoms with Crippen LogP contribution in [0, 0.1) is 11.6 Å². The van der Waals surface area contributed by atoms with Gasteiger partial charge >= 0.3 is 5.97 Å². The molecule has 2 unspecified atom stereocenters. The minimum absolute atomic E-state index is 0.0264. The van der Waals surface area contributed by atoms with Gasteiger partial charge in [-0.05, 0) is 18.9 Å². The third-order valence-electron chi connectivity index (χ3n) is 5.00. The standard InChI is InChI=1S/C17H17F2N3O4/c18-10-3-8-14(13(19)15(10)21-5-11(20)12(23)6-21)22(7-1-2-7)4-9(16(8)24)17(25)26/h3-4,7,11-12,23H,1-2,5-6,20H2,(H,25,26). The smallest absolute Gasteiger partial charge is 0.341 e. The Morgan fingerprint density at radius 3 is 2.50 bits per heavy atom. The van der Waals surface area contributed by atoms with Gasteiger partial charge in [0.2, 0.25) is 5.43 Å². The number of hydrogen-bond acceptors (Lipinski definition) is 5. The summed E-state index contributed by atoms with van der Waals surface area (Å²) in [5.74, 6) is -3.37. The van der Waals surface area contributed by atoms with E-state index in [9.17, 15) is 24.2 Å². The first-order valence-electron chi connectivity index (χ1n) is 8.28. The number of fused-ring (bicyclic) bond motifs is 1. The van der Waals surface area contributed by atoms with Gasteiger partial charge in [-0.25, -0.2) is 13.6 Å². The molecule has 1 aliphatic heterocycles. The summed E-state index contributed by atoms with van der Waals surface area (Å²) in [6, 6.07) is 0.109. The van der Waals surface area contributed by atoms with Gasteiger partial charge in [-0.1, -0.05) is 0 Å². The number of nitrogens with zero attached hydrogens (tertiary/aromatic N) is 2. The molecule has 4 N–H and O–H groups in total. The maximum atomic E-state index is 15.3. The Hall–Kier alpha value is -2.52. The fourth-order valence-electron chi connectivity index (χ4n) is 3.51. The fourth-order valence-corrected chi connectivity index (χ4v) is 3.51. The number of carbonyl (C=O) groups is 1. The number of carboxylic acids is 1. The van der Waals surface area contributed by atoms with E-state index in [1.807, 2.05) is 0 Å². The maximum Gasteiger partial charge on any atom is 0.341 e. The molecule has 0 spiro atoms. The van der Waals surface area contributed by atoms with Gasteiger partial charge in [-0.3, -0.25) is 4.79 Å². The second kappa shape index (κ2) is 5.75. The molecule has 2 aliphatic rings. The number of aliphatic hydroxyl groups is 1. The minimum atomic E-state index is -1.44. The normalized spacial score (nSPS) is 23.0. The summed E-state index contributed by atoms with van der Waals surface area (Å²) < 4.78 is 31.3. The summed E-state index contributed by atoms with van der Waals surface area (Å²) in [5.41, 5.74) is 3.81. The molecule has 7 nitrogen and oxygen atoms in total. The summed E-state index contributed by atoms with van der Waals surface area (Å²) in [5, 5.41) is 18.7. The van der Waals surface area contributed by atoms with Gasteiger partial charge < -0.3 is 25.4 Å². The summed E-state index contributed by atoms with van der Waals surface area (Å²) in [4.78, 5) is 25.0. The number of aromatic carboxylic acids is 1. The molecule has 2 aromatic rings. The van der Waals surface area contributed by atoms with Crippen molar-refractivity contribution in [1.82, 2.24) is 4.57 Å². The molecule has 1 saturated carbocycles. The summed E-state index contributed by atoms with van der Waals surface area (Å²) in [6.45, 7) is 0.0444. The lowest BCUT2D eigenvalue weighted by Gasteiger charge is -2.22. The number of pyridine rings is 1. The molecule has 1 saturated heterocycles. The van der Waals surface area contributed by atoms with E-state index in [2.05, 4.69) is 0 Å². The zero-order chi connectivity index (χ0) is 18.7. The second-order valence-corrected chi connectivity index (χ2v) is 6.87. The number of β-amino-alcohol motifs (C(OH)–C–C–N with tert-alkyl or cyclic N) is 1. The Kier molecular flexibility index (Phi) is 3.74. The van der Waals surface area contributed by atoms with Crippen molar-refractivity contribution in [2.75, 3.05) is 18.0 Å². The van der Waals surface area contributed by atoms with Crippen LogP contribution in [0.3, 0.4) is 0 Å². The Morgan fingerprint density at radius 1 is 1.27 bits per heavy atom. The number of aliphatic hydroxyl groups excluding tert-OH is 1. The number of carboxylic acid groups (broad SMARTS) is 1. The molecule has 1 aliphatic carbocycles. The van der Waals surface area contributed by atoms with Crippen LogP contribution in [0.15, 0.2) is 17.1 Å². The lowest BCUT2D eigenvalue weighted by atomic mass is 10.1. The maximum absolute atomic E-state index is 15.3. The monoisotopic (exact) mass is 365 g/mol. The SMILES string of the molecule is NC1CN(c2c(F)cc3c(=O)c(C(=O)O)cn(C4CC4)c3c2F)CC1O. The number of anilines is 1. The lowest BCUT2D eigenvalue weighted by molar-refractivity contribution is 0.0694. The largest absolute Gasteiger partial charge is 0.477 e. The highest BCUT2D eigenvalue weighted by atomic mass is 19.1. The molecule has 2 heterocycles. The van der Waals surface area contributed by atoms with Gasteiger partial charge in [0.15, 0.2) is 5.82 Å². The van der Waals surface area contributed by atoms with Crippen LogP contribution in [-0.4, -0.2) is 46.0 Å². The van der Waals surface area contributed by atoms with Crippen molar-refractivity contribution < 1.29 is 23.8 Å². The van der Waals surface area contributed by atoms with Crippen molar-refractivity contribution in [2.24, 2.45) is 5.73 Å². The van der Waals surface area contributed by atoms with E-state index in [1.54, 1.807) is 0 Å². The van der Waals surface area contributed by atoms with Crippen molar-refractivity contribution >= 4 is 22.6 Å². The van der Waals surface area contributed by atoms with Gasteiger partial charge in [-0.2, -0.15) is 0 Å². The molecule has 0 amide bonds. The first-order chi connectivity index (χ1) is 12.3. The molecule has 9 heteroatoms. The number of hydrogen-bond donors (Lipinski definition) is 3. The van der Waals surface area contributed by atoms with E-state index >= 15 is 4.39 Å². The van der Waals surface area contributed by atoms with E-state index < -0.39 is 40.7 Å². The molecular formula is C17H17F2N3O4. The Bertz CT molecular complexity index is 976. The molecule has 26 heavy (non-hydrogen) atoms. The van der Waals surface area contributed by atoms with Gasteiger partial charge in [0.1, 0.15) is 17.1 Å². The van der Waals surface area contributed by atoms with Crippen LogP contribution in [0.4, 0.5) is 14.5 Å². The minimum Gasteiger partial charge on any atom is -0.477 e. The highest BCUT2D eigenvalue weighted by Gasteiger charge is 2.35. The highest BCUT2D eigenvalue weighted by molar-refractivity contribution is 5.94. The summed E-state index contributed by atoms with van der Waals surface area (Å²) >= 11 is 0. The summed E-state index contributed by atoms with van der Waals surface area (Å²) in [7, 11) is 0. The van der Waals surface area contributed by atoms with Gasteiger partial charge in [0.25, 0.3) is 0 Å². The van der Waals surface area contributed by atoms with Crippen LogP contribution >= 0.6 is 0 Å². The number of rotatable bonds is 3. The molecule has 1 aromatic carbocycles. The van der Waals surface area contributed by atoms with Crippen molar-refractivity contribution in [3.05, 3.63) is 39.7 Å². The van der Waals surface area contributed by atoms with Gasteiger partial charge in [-0.15, -0.1) is 0 Å². The molecule has 138 valence electrons. The van der Waals surface area contributed by atoms with Crippen LogP contribution in [0.2, 0.25) is 0 Å². The van der Waals surface area contributed by atoms with Crippen molar-refractivity contribution in [3.63, 3.8) is 0 Å². The Morgan fingerprint density at radius 2 is 1.96 bits per heavy atom. The quantitative estimate of drug-likeness (QED) is 0.743. The number of aromatic nitrogens is 1. The van der Waals surface area contributed by atoms with Crippen LogP contribution < -0.4 is 16.1 Å². The highest BCUT2D eigenvalue weighted by Crippen LogP contribution is 2.40. The molecule has 0 radical (unpaired) electrons. The Labute approximate surface area is 146 Å². The zero-order valence-corrected chi connectivity index (χ0v) is 13.7. The molecule has 2 fully saturated rings. The lowest BCUT2D eigenvalue weighted by Crippen LogP contribution is -2.32. The number of benzene rings is 1.